The molecule has 9 atom stereocenters. The summed E-state index contributed by atoms with van der Waals surface area (Å²) in [5.74, 6) is 5.70. The zero-order valence-electron chi connectivity index (χ0n) is 20.7. The van der Waals surface area contributed by atoms with E-state index >= 15 is 0 Å². The van der Waals surface area contributed by atoms with Gasteiger partial charge < -0.3 is 5.11 Å². The molecule has 30 heavy (non-hydrogen) atoms. The minimum absolute atomic E-state index is 0.0870. The van der Waals surface area contributed by atoms with Crippen molar-refractivity contribution in [1.29, 1.82) is 0 Å². The lowest BCUT2D eigenvalue weighted by Gasteiger charge is -2.58. The zero-order valence-corrected chi connectivity index (χ0v) is 20.7. The van der Waals surface area contributed by atoms with Crippen molar-refractivity contribution >= 4 is 0 Å². The SMILES string of the molecule is CC[C@H](/C=C/[C@@H](C)[C@H]1CC[C@@H]2[C@@H]3CC=C4C[C@H](O)CC[C@@]4(C)[C@H]3CC[C@@]21C)C(C)C. The topological polar surface area (TPSA) is 20.2 Å². The molecule has 0 aliphatic heterocycles. The molecule has 1 N–H and O–H groups in total. The van der Waals surface area contributed by atoms with Gasteiger partial charge >= 0.3 is 0 Å². The average Bonchev–Trinajstić information content (AvgIpc) is 3.06. The molecule has 0 aromatic heterocycles. The minimum atomic E-state index is -0.0870. The van der Waals surface area contributed by atoms with Crippen LogP contribution in [0.1, 0.15) is 99.3 Å². The van der Waals surface area contributed by atoms with E-state index in [0.29, 0.717) is 16.7 Å². The molecule has 0 heterocycles. The summed E-state index contributed by atoms with van der Waals surface area (Å²) in [6.45, 7) is 14.8. The van der Waals surface area contributed by atoms with Gasteiger partial charge in [-0.15, -0.1) is 0 Å². The van der Waals surface area contributed by atoms with Crippen LogP contribution in [0.4, 0.5) is 0 Å². The summed E-state index contributed by atoms with van der Waals surface area (Å²) < 4.78 is 0. The number of hydrogen-bond donors (Lipinski definition) is 1. The third kappa shape index (κ3) is 3.66. The normalized spacial score (nSPS) is 45.6. The van der Waals surface area contributed by atoms with Gasteiger partial charge in [0, 0.05) is 0 Å². The van der Waals surface area contributed by atoms with Gasteiger partial charge in [-0.1, -0.05) is 65.3 Å². The van der Waals surface area contributed by atoms with Gasteiger partial charge in [0.1, 0.15) is 0 Å². The fraction of sp³-hybridized carbons (Fsp3) is 0.862. The Hall–Kier alpha value is -0.560. The largest absolute Gasteiger partial charge is 0.393 e. The van der Waals surface area contributed by atoms with Crippen LogP contribution >= 0.6 is 0 Å². The second-order valence-electron chi connectivity index (χ2n) is 12.4. The number of aliphatic hydroxyl groups excluding tert-OH is 1. The molecule has 0 amide bonds. The summed E-state index contributed by atoms with van der Waals surface area (Å²) >= 11 is 0. The number of fused-ring (bicyclic) bond motifs is 5. The first-order valence-corrected chi connectivity index (χ1v) is 13.3. The van der Waals surface area contributed by atoms with E-state index in [0.717, 1.165) is 48.3 Å². The van der Waals surface area contributed by atoms with E-state index in [2.05, 4.69) is 59.8 Å². The van der Waals surface area contributed by atoms with E-state index in [1.54, 1.807) is 5.57 Å². The zero-order chi connectivity index (χ0) is 21.7. The molecule has 0 aromatic rings. The summed E-state index contributed by atoms with van der Waals surface area (Å²) in [5, 5.41) is 10.2. The fourth-order valence-corrected chi connectivity index (χ4v) is 8.83. The van der Waals surface area contributed by atoms with Crippen LogP contribution in [0, 0.1) is 52.3 Å². The molecule has 4 aliphatic carbocycles. The lowest BCUT2D eigenvalue weighted by Crippen LogP contribution is -2.50. The standard InChI is InChI=1S/C29H48O/c1-7-21(19(2)3)9-8-20(4)25-12-13-26-24-11-10-22-18-23(30)14-16-28(22,5)27(24)15-17-29(25,26)6/h8-10,19-21,23-27,30H,7,11-18H2,1-6H3/b9-8+/t20-,21-,23-,24+,25-,26-,27+,28-,29-/m1/s1. The third-order valence-electron chi connectivity index (χ3n) is 10.8. The van der Waals surface area contributed by atoms with Gasteiger partial charge in [0.25, 0.3) is 0 Å². The molecule has 4 aliphatic rings. The predicted octanol–water partition coefficient (Wildman–Crippen LogP) is 7.80. The van der Waals surface area contributed by atoms with Crippen LogP contribution in [0.3, 0.4) is 0 Å². The van der Waals surface area contributed by atoms with Crippen LogP contribution < -0.4 is 0 Å². The van der Waals surface area contributed by atoms with Crippen LogP contribution in [0.5, 0.6) is 0 Å². The summed E-state index contributed by atoms with van der Waals surface area (Å²) in [5.41, 5.74) is 2.51. The molecule has 3 fully saturated rings. The molecule has 170 valence electrons. The van der Waals surface area contributed by atoms with Gasteiger partial charge in [-0.2, -0.15) is 0 Å². The highest BCUT2D eigenvalue weighted by atomic mass is 16.3. The first-order chi connectivity index (χ1) is 14.2. The maximum absolute atomic E-state index is 10.2. The Bertz CT molecular complexity index is 674. The van der Waals surface area contributed by atoms with E-state index in [9.17, 15) is 5.11 Å². The first-order valence-electron chi connectivity index (χ1n) is 13.3. The van der Waals surface area contributed by atoms with Crippen molar-refractivity contribution < 1.29 is 5.11 Å². The van der Waals surface area contributed by atoms with Crippen molar-refractivity contribution in [3.8, 4) is 0 Å². The fourth-order valence-electron chi connectivity index (χ4n) is 8.83. The molecule has 0 aromatic carbocycles. The monoisotopic (exact) mass is 412 g/mol. The molecule has 1 heteroatoms. The third-order valence-corrected chi connectivity index (χ3v) is 10.8. The summed E-state index contributed by atoms with van der Waals surface area (Å²) in [7, 11) is 0. The Morgan fingerprint density at radius 1 is 1.03 bits per heavy atom. The van der Waals surface area contributed by atoms with Crippen molar-refractivity contribution in [2.45, 2.75) is 105 Å². The van der Waals surface area contributed by atoms with Crippen molar-refractivity contribution in [3.05, 3.63) is 23.8 Å². The number of hydrogen-bond acceptors (Lipinski definition) is 1. The van der Waals surface area contributed by atoms with E-state index < -0.39 is 0 Å². The Labute approximate surface area is 186 Å². The van der Waals surface area contributed by atoms with Gasteiger partial charge in [-0.05, 0) is 110 Å². The van der Waals surface area contributed by atoms with Crippen LogP contribution in [0.15, 0.2) is 23.8 Å². The number of aliphatic hydroxyl groups is 1. The molecule has 1 nitrogen and oxygen atoms in total. The van der Waals surface area contributed by atoms with Crippen molar-refractivity contribution in [3.63, 3.8) is 0 Å². The summed E-state index contributed by atoms with van der Waals surface area (Å²) in [4.78, 5) is 0. The van der Waals surface area contributed by atoms with E-state index in [-0.39, 0.29) is 6.10 Å². The van der Waals surface area contributed by atoms with E-state index in [1.165, 1.54) is 44.9 Å². The maximum atomic E-state index is 10.2. The molecule has 0 radical (unpaired) electrons. The highest BCUT2D eigenvalue weighted by Gasteiger charge is 2.58. The van der Waals surface area contributed by atoms with Crippen molar-refractivity contribution in [2.75, 3.05) is 0 Å². The van der Waals surface area contributed by atoms with Crippen LogP contribution in [-0.4, -0.2) is 11.2 Å². The highest BCUT2D eigenvalue weighted by Crippen LogP contribution is 2.67. The molecule has 4 rings (SSSR count). The summed E-state index contributed by atoms with van der Waals surface area (Å²) in [6.07, 6.45) is 19.1. The van der Waals surface area contributed by atoms with Gasteiger partial charge in [-0.3, -0.25) is 0 Å². The van der Waals surface area contributed by atoms with Crippen molar-refractivity contribution in [1.82, 2.24) is 0 Å². The first kappa shape index (κ1) is 22.6. The molecule has 0 bridgehead atoms. The molecule has 0 saturated heterocycles. The van der Waals surface area contributed by atoms with Crippen molar-refractivity contribution in [2.24, 2.45) is 52.3 Å². The smallest absolute Gasteiger partial charge is 0.0577 e. The van der Waals surface area contributed by atoms with Gasteiger partial charge in [-0.25, -0.2) is 0 Å². The number of allylic oxidation sites excluding steroid dienone is 3. The Kier molecular flexibility index (Phi) is 6.35. The van der Waals surface area contributed by atoms with E-state index in [4.69, 9.17) is 0 Å². The van der Waals surface area contributed by atoms with E-state index in [1.807, 2.05) is 0 Å². The van der Waals surface area contributed by atoms with Gasteiger partial charge in [0.15, 0.2) is 0 Å². The molecule has 0 spiro atoms. The molecular formula is C29H48O. The Balaban J connectivity index is 1.52. The Morgan fingerprint density at radius 2 is 1.80 bits per heavy atom. The predicted molar refractivity (Wildman–Crippen MR) is 128 cm³/mol. The lowest BCUT2D eigenvalue weighted by atomic mass is 9.47. The quantitative estimate of drug-likeness (QED) is 0.457. The lowest BCUT2D eigenvalue weighted by molar-refractivity contribution is -0.0540. The second-order valence-corrected chi connectivity index (χ2v) is 12.4. The van der Waals surface area contributed by atoms with Gasteiger partial charge in [0.2, 0.25) is 0 Å². The highest BCUT2D eigenvalue weighted by molar-refractivity contribution is 5.25. The van der Waals surface area contributed by atoms with Crippen LogP contribution in [0.2, 0.25) is 0 Å². The van der Waals surface area contributed by atoms with Gasteiger partial charge in [0.05, 0.1) is 6.10 Å². The maximum Gasteiger partial charge on any atom is 0.0577 e. The Morgan fingerprint density at radius 3 is 2.50 bits per heavy atom. The average molecular weight is 413 g/mol. The summed E-state index contributed by atoms with van der Waals surface area (Å²) in [6, 6.07) is 0. The second kappa shape index (κ2) is 8.42. The molecule has 3 saturated carbocycles. The van der Waals surface area contributed by atoms with Crippen LogP contribution in [0.25, 0.3) is 0 Å². The number of rotatable bonds is 5. The van der Waals surface area contributed by atoms with Crippen LogP contribution in [-0.2, 0) is 0 Å². The molecule has 0 unspecified atom stereocenters. The molecular weight excluding hydrogens is 364 g/mol. The minimum Gasteiger partial charge on any atom is -0.393 e.